The van der Waals surface area contributed by atoms with E-state index in [0.29, 0.717) is 6.54 Å². The van der Waals surface area contributed by atoms with Crippen LogP contribution in [0.2, 0.25) is 0 Å². The molecule has 2 atom stereocenters. The molecule has 0 aliphatic rings. The molecule has 1 amide bonds. The van der Waals surface area contributed by atoms with E-state index in [1.165, 1.54) is 5.56 Å². The summed E-state index contributed by atoms with van der Waals surface area (Å²) in [6.07, 6.45) is 0. The summed E-state index contributed by atoms with van der Waals surface area (Å²) in [5.41, 5.74) is 7.80. The Morgan fingerprint density at radius 3 is 2.47 bits per heavy atom. The van der Waals surface area contributed by atoms with Crippen molar-refractivity contribution in [2.24, 2.45) is 11.7 Å². The van der Waals surface area contributed by atoms with Crippen LogP contribution in [0.1, 0.15) is 31.0 Å². The van der Waals surface area contributed by atoms with Gasteiger partial charge < -0.3 is 11.1 Å². The maximum Gasteiger partial charge on any atom is 0.224 e. The minimum atomic E-state index is -0.133. The van der Waals surface area contributed by atoms with Crippen LogP contribution >= 0.6 is 12.4 Å². The number of benzene rings is 1. The topological polar surface area (TPSA) is 55.1 Å². The first-order valence-electron chi connectivity index (χ1n) is 5.62. The smallest absolute Gasteiger partial charge is 0.224 e. The van der Waals surface area contributed by atoms with Crippen LogP contribution in [-0.4, -0.2) is 12.5 Å². The van der Waals surface area contributed by atoms with Crippen molar-refractivity contribution in [3.8, 4) is 0 Å². The number of halogens is 1. The maximum atomic E-state index is 11.7. The Balaban J connectivity index is 0.00000256. The minimum absolute atomic E-state index is 0. The first-order chi connectivity index (χ1) is 7.56. The third kappa shape index (κ3) is 4.36. The first kappa shape index (κ1) is 15.9. The van der Waals surface area contributed by atoms with Gasteiger partial charge in [-0.25, -0.2) is 0 Å². The molecular formula is C13H21ClN2O. The molecule has 0 saturated heterocycles. The van der Waals surface area contributed by atoms with Crippen LogP contribution < -0.4 is 11.1 Å². The lowest BCUT2D eigenvalue weighted by Crippen LogP contribution is -2.35. The van der Waals surface area contributed by atoms with Gasteiger partial charge >= 0.3 is 0 Å². The van der Waals surface area contributed by atoms with E-state index < -0.39 is 0 Å². The van der Waals surface area contributed by atoms with Crippen molar-refractivity contribution >= 4 is 18.3 Å². The Kier molecular flexibility index (Phi) is 6.85. The molecule has 0 aliphatic heterocycles. The van der Waals surface area contributed by atoms with Gasteiger partial charge in [-0.15, -0.1) is 12.4 Å². The van der Waals surface area contributed by atoms with Crippen molar-refractivity contribution in [2.75, 3.05) is 6.54 Å². The molecule has 96 valence electrons. The molecule has 0 aliphatic carbocycles. The van der Waals surface area contributed by atoms with Crippen LogP contribution in [0, 0.1) is 12.8 Å². The van der Waals surface area contributed by atoms with Gasteiger partial charge in [0.05, 0.1) is 6.04 Å². The van der Waals surface area contributed by atoms with Gasteiger partial charge in [0.25, 0.3) is 0 Å². The third-order valence-electron chi connectivity index (χ3n) is 2.81. The van der Waals surface area contributed by atoms with E-state index in [1.807, 2.05) is 45.0 Å². The average Bonchev–Trinajstić information content (AvgIpc) is 2.28. The van der Waals surface area contributed by atoms with Crippen LogP contribution in [-0.2, 0) is 4.79 Å². The van der Waals surface area contributed by atoms with Gasteiger partial charge in [-0.05, 0) is 25.0 Å². The first-order valence-corrected chi connectivity index (χ1v) is 5.62. The second kappa shape index (κ2) is 7.30. The van der Waals surface area contributed by atoms with Crippen molar-refractivity contribution in [3.05, 3.63) is 35.4 Å². The lowest BCUT2D eigenvalue weighted by molar-refractivity contribution is -0.124. The Bertz CT molecular complexity index is 368. The Morgan fingerprint density at radius 1 is 1.35 bits per heavy atom. The molecule has 3 nitrogen and oxygen atoms in total. The maximum absolute atomic E-state index is 11.7. The van der Waals surface area contributed by atoms with Crippen molar-refractivity contribution in [2.45, 2.75) is 26.8 Å². The van der Waals surface area contributed by atoms with Gasteiger partial charge in [0.2, 0.25) is 5.91 Å². The summed E-state index contributed by atoms with van der Waals surface area (Å²) in [6.45, 7) is 6.25. The van der Waals surface area contributed by atoms with Crippen molar-refractivity contribution in [1.82, 2.24) is 5.32 Å². The molecule has 1 aromatic carbocycles. The molecule has 0 saturated carbocycles. The average molecular weight is 257 g/mol. The summed E-state index contributed by atoms with van der Waals surface area (Å²) < 4.78 is 0. The molecule has 0 radical (unpaired) electrons. The molecule has 4 heteroatoms. The molecule has 0 spiro atoms. The summed E-state index contributed by atoms with van der Waals surface area (Å²) >= 11 is 0. The van der Waals surface area contributed by atoms with Crippen LogP contribution in [0.3, 0.4) is 0 Å². The van der Waals surface area contributed by atoms with Gasteiger partial charge in [-0.2, -0.15) is 0 Å². The molecule has 0 fully saturated rings. The molecule has 3 N–H and O–H groups in total. The van der Waals surface area contributed by atoms with E-state index in [1.54, 1.807) is 0 Å². The number of aryl methyl sites for hydroxylation is 1. The quantitative estimate of drug-likeness (QED) is 0.868. The standard InChI is InChI=1S/C13H20N2O.ClH/c1-9-6-4-5-7-12(9)11(3)15-13(16)10(2)8-14;/h4-7,10-11H,8,14H2,1-3H3,(H,15,16);1H. The monoisotopic (exact) mass is 256 g/mol. The SMILES string of the molecule is Cc1ccccc1C(C)NC(=O)C(C)CN.Cl. The predicted octanol–water partition coefficient (Wildman–Crippen LogP) is 2.19. The largest absolute Gasteiger partial charge is 0.349 e. The van der Waals surface area contributed by atoms with E-state index in [9.17, 15) is 4.79 Å². The molecule has 17 heavy (non-hydrogen) atoms. The summed E-state index contributed by atoms with van der Waals surface area (Å²) in [4.78, 5) is 11.7. The molecule has 2 unspecified atom stereocenters. The van der Waals surface area contributed by atoms with Crippen molar-refractivity contribution in [3.63, 3.8) is 0 Å². The highest BCUT2D eigenvalue weighted by molar-refractivity contribution is 5.85. The summed E-state index contributed by atoms with van der Waals surface area (Å²) in [5.74, 6) is -0.121. The third-order valence-corrected chi connectivity index (χ3v) is 2.81. The normalized spacial score (nSPS) is 13.4. The molecule has 0 heterocycles. The number of carbonyl (C=O) groups excluding carboxylic acids is 1. The highest BCUT2D eigenvalue weighted by atomic mass is 35.5. The zero-order chi connectivity index (χ0) is 12.1. The second-order valence-corrected chi connectivity index (χ2v) is 4.22. The lowest BCUT2D eigenvalue weighted by Gasteiger charge is -2.18. The van der Waals surface area contributed by atoms with Crippen LogP contribution in [0.5, 0.6) is 0 Å². The van der Waals surface area contributed by atoms with E-state index in [2.05, 4.69) is 5.32 Å². The number of rotatable bonds is 4. The van der Waals surface area contributed by atoms with E-state index in [4.69, 9.17) is 5.73 Å². The molecule has 1 rings (SSSR count). The Labute approximate surface area is 109 Å². The van der Waals surface area contributed by atoms with Gasteiger partial charge in [-0.1, -0.05) is 31.2 Å². The van der Waals surface area contributed by atoms with Gasteiger partial charge in [0.1, 0.15) is 0 Å². The fourth-order valence-corrected chi connectivity index (χ4v) is 1.61. The zero-order valence-electron chi connectivity index (χ0n) is 10.6. The molecule has 1 aromatic rings. The van der Waals surface area contributed by atoms with Gasteiger partial charge in [0.15, 0.2) is 0 Å². The van der Waals surface area contributed by atoms with Gasteiger partial charge in [-0.3, -0.25) is 4.79 Å². The van der Waals surface area contributed by atoms with E-state index in [0.717, 1.165) is 5.56 Å². The summed E-state index contributed by atoms with van der Waals surface area (Å²) in [7, 11) is 0. The number of nitrogens with one attached hydrogen (secondary N) is 1. The Hall–Kier alpha value is -1.06. The summed E-state index contributed by atoms with van der Waals surface area (Å²) in [5, 5.41) is 2.97. The molecule has 0 bridgehead atoms. The number of carbonyl (C=O) groups is 1. The Morgan fingerprint density at radius 2 is 1.94 bits per heavy atom. The van der Waals surface area contributed by atoms with Crippen LogP contribution in [0.15, 0.2) is 24.3 Å². The van der Waals surface area contributed by atoms with Gasteiger partial charge in [0, 0.05) is 12.5 Å². The number of hydrogen-bond donors (Lipinski definition) is 2. The molecular weight excluding hydrogens is 236 g/mol. The zero-order valence-corrected chi connectivity index (χ0v) is 11.4. The van der Waals surface area contributed by atoms with E-state index >= 15 is 0 Å². The number of nitrogens with two attached hydrogens (primary N) is 1. The fourth-order valence-electron chi connectivity index (χ4n) is 1.61. The van der Waals surface area contributed by atoms with Crippen LogP contribution in [0.4, 0.5) is 0 Å². The fraction of sp³-hybridized carbons (Fsp3) is 0.462. The minimum Gasteiger partial charge on any atom is -0.349 e. The lowest BCUT2D eigenvalue weighted by atomic mass is 10.0. The molecule has 0 aromatic heterocycles. The van der Waals surface area contributed by atoms with Crippen molar-refractivity contribution in [1.29, 1.82) is 0 Å². The highest BCUT2D eigenvalue weighted by Gasteiger charge is 2.15. The van der Waals surface area contributed by atoms with Crippen LogP contribution in [0.25, 0.3) is 0 Å². The number of hydrogen-bond acceptors (Lipinski definition) is 2. The second-order valence-electron chi connectivity index (χ2n) is 4.22. The highest BCUT2D eigenvalue weighted by Crippen LogP contribution is 2.16. The summed E-state index contributed by atoms with van der Waals surface area (Å²) in [6, 6.07) is 8.09. The van der Waals surface area contributed by atoms with Crippen molar-refractivity contribution < 1.29 is 4.79 Å². The van der Waals surface area contributed by atoms with E-state index in [-0.39, 0.29) is 30.3 Å². The predicted molar refractivity (Wildman–Crippen MR) is 73.2 cm³/mol. The number of amides is 1.